The molecule has 17 heavy (non-hydrogen) atoms. The molecular formula is C13H25NO3. The summed E-state index contributed by atoms with van der Waals surface area (Å²) >= 11 is 0. The molecule has 0 aromatic heterocycles. The standard InChI is InChI=1S/C13H25NO3/c1-10(11-6-4-2-3-5-7-11)14-9-12(15)8-13(16)17/h10-12,14-15H,2-9H2,1H3,(H,16,17)/t10-,12?/m1/s1. The van der Waals surface area contributed by atoms with E-state index in [1.54, 1.807) is 0 Å². The lowest BCUT2D eigenvalue weighted by molar-refractivity contribution is -0.139. The summed E-state index contributed by atoms with van der Waals surface area (Å²) in [5.41, 5.74) is 0. The number of aliphatic hydroxyl groups is 1. The Hall–Kier alpha value is -0.610. The smallest absolute Gasteiger partial charge is 0.306 e. The molecule has 0 aromatic rings. The SMILES string of the molecule is C[C@@H](NCC(O)CC(=O)O)C1CCCCCC1. The van der Waals surface area contributed by atoms with Crippen molar-refractivity contribution >= 4 is 5.97 Å². The zero-order valence-corrected chi connectivity index (χ0v) is 10.7. The Kier molecular flexibility index (Phi) is 6.52. The number of aliphatic carboxylic acids is 1. The second-order valence-electron chi connectivity index (χ2n) is 5.20. The number of hydrogen-bond donors (Lipinski definition) is 3. The topological polar surface area (TPSA) is 69.6 Å². The third kappa shape index (κ3) is 6.03. The van der Waals surface area contributed by atoms with Gasteiger partial charge in [-0.25, -0.2) is 0 Å². The number of carboxylic acid groups (broad SMARTS) is 1. The molecule has 0 amide bonds. The molecule has 1 aliphatic rings. The van der Waals surface area contributed by atoms with Gasteiger partial charge in [-0.3, -0.25) is 4.79 Å². The van der Waals surface area contributed by atoms with Crippen molar-refractivity contribution in [2.75, 3.05) is 6.54 Å². The van der Waals surface area contributed by atoms with Gasteiger partial charge in [-0.05, 0) is 25.7 Å². The molecule has 2 atom stereocenters. The van der Waals surface area contributed by atoms with E-state index in [1.807, 2.05) is 0 Å². The van der Waals surface area contributed by atoms with E-state index in [0.29, 0.717) is 18.5 Å². The third-order valence-electron chi connectivity index (χ3n) is 3.69. The number of rotatable bonds is 6. The summed E-state index contributed by atoms with van der Waals surface area (Å²) in [7, 11) is 0. The van der Waals surface area contributed by atoms with Gasteiger partial charge in [0.2, 0.25) is 0 Å². The lowest BCUT2D eigenvalue weighted by atomic mass is 9.93. The molecule has 0 radical (unpaired) electrons. The van der Waals surface area contributed by atoms with E-state index < -0.39 is 12.1 Å². The van der Waals surface area contributed by atoms with Gasteiger partial charge in [-0.1, -0.05) is 25.7 Å². The first-order chi connectivity index (χ1) is 8.09. The Morgan fingerprint density at radius 3 is 2.41 bits per heavy atom. The van der Waals surface area contributed by atoms with Crippen molar-refractivity contribution < 1.29 is 15.0 Å². The van der Waals surface area contributed by atoms with Crippen molar-refractivity contribution in [1.29, 1.82) is 0 Å². The molecule has 1 unspecified atom stereocenters. The molecule has 0 saturated heterocycles. The average molecular weight is 243 g/mol. The Labute approximate surface area is 103 Å². The van der Waals surface area contributed by atoms with Gasteiger partial charge in [-0.2, -0.15) is 0 Å². The molecule has 3 N–H and O–H groups in total. The van der Waals surface area contributed by atoms with E-state index in [4.69, 9.17) is 5.11 Å². The Bertz CT molecular complexity index is 225. The minimum Gasteiger partial charge on any atom is -0.481 e. The van der Waals surface area contributed by atoms with E-state index >= 15 is 0 Å². The first kappa shape index (κ1) is 14.5. The van der Waals surface area contributed by atoms with Crippen LogP contribution in [0.1, 0.15) is 51.9 Å². The number of aliphatic hydroxyl groups excluding tert-OH is 1. The summed E-state index contributed by atoms with van der Waals surface area (Å²) in [6, 6.07) is 0.372. The monoisotopic (exact) mass is 243 g/mol. The van der Waals surface area contributed by atoms with Crippen molar-refractivity contribution in [2.24, 2.45) is 5.92 Å². The summed E-state index contributed by atoms with van der Waals surface area (Å²) in [5.74, 6) is -0.268. The van der Waals surface area contributed by atoms with Gasteiger partial charge in [0, 0.05) is 12.6 Å². The van der Waals surface area contributed by atoms with Crippen LogP contribution < -0.4 is 5.32 Å². The van der Waals surface area contributed by atoms with Crippen LogP contribution in [0, 0.1) is 5.92 Å². The van der Waals surface area contributed by atoms with Gasteiger partial charge in [0.05, 0.1) is 12.5 Å². The Balaban J connectivity index is 2.22. The van der Waals surface area contributed by atoms with Crippen molar-refractivity contribution in [1.82, 2.24) is 5.32 Å². The minimum absolute atomic E-state index is 0.176. The molecule has 4 nitrogen and oxygen atoms in total. The maximum atomic E-state index is 10.4. The molecule has 1 rings (SSSR count). The second-order valence-corrected chi connectivity index (χ2v) is 5.20. The highest BCUT2D eigenvalue weighted by Gasteiger charge is 2.19. The molecule has 0 heterocycles. The number of hydrogen-bond acceptors (Lipinski definition) is 3. The van der Waals surface area contributed by atoms with Crippen LogP contribution in [0.25, 0.3) is 0 Å². The first-order valence-electron chi connectivity index (χ1n) is 6.73. The van der Waals surface area contributed by atoms with E-state index in [-0.39, 0.29) is 6.42 Å². The first-order valence-corrected chi connectivity index (χ1v) is 6.73. The third-order valence-corrected chi connectivity index (χ3v) is 3.69. The molecule has 1 saturated carbocycles. The highest BCUT2D eigenvalue weighted by Crippen LogP contribution is 2.25. The van der Waals surface area contributed by atoms with Crippen molar-refractivity contribution in [3.63, 3.8) is 0 Å². The summed E-state index contributed by atoms with van der Waals surface area (Å²) in [4.78, 5) is 10.4. The van der Waals surface area contributed by atoms with Crippen molar-refractivity contribution in [2.45, 2.75) is 64.0 Å². The Morgan fingerprint density at radius 1 is 1.29 bits per heavy atom. The molecule has 1 aliphatic carbocycles. The van der Waals surface area contributed by atoms with Gasteiger partial charge >= 0.3 is 5.97 Å². The number of carboxylic acids is 1. The van der Waals surface area contributed by atoms with Gasteiger partial charge in [0.25, 0.3) is 0 Å². The second kappa shape index (κ2) is 7.67. The predicted octanol–water partition coefficient (Wildman–Crippen LogP) is 1.77. The van der Waals surface area contributed by atoms with E-state index in [0.717, 1.165) is 0 Å². The maximum absolute atomic E-state index is 10.4. The van der Waals surface area contributed by atoms with Gasteiger partial charge < -0.3 is 15.5 Å². The zero-order chi connectivity index (χ0) is 12.7. The predicted molar refractivity (Wildman–Crippen MR) is 66.9 cm³/mol. The molecule has 0 spiro atoms. The lowest BCUT2D eigenvalue weighted by Gasteiger charge is -2.24. The van der Waals surface area contributed by atoms with E-state index in [1.165, 1.54) is 38.5 Å². The van der Waals surface area contributed by atoms with E-state index in [9.17, 15) is 9.90 Å². The molecular weight excluding hydrogens is 218 g/mol. The van der Waals surface area contributed by atoms with Crippen LogP contribution in [-0.4, -0.2) is 34.9 Å². The molecule has 0 aromatic carbocycles. The summed E-state index contributed by atoms with van der Waals surface area (Å²) in [5, 5.41) is 21.3. The average Bonchev–Trinajstić information content (AvgIpc) is 2.53. The molecule has 0 aliphatic heterocycles. The minimum atomic E-state index is -0.943. The van der Waals surface area contributed by atoms with Crippen molar-refractivity contribution in [3.8, 4) is 0 Å². The van der Waals surface area contributed by atoms with Gasteiger partial charge in [-0.15, -0.1) is 0 Å². The maximum Gasteiger partial charge on any atom is 0.306 e. The van der Waals surface area contributed by atoms with E-state index in [2.05, 4.69) is 12.2 Å². The fraction of sp³-hybridized carbons (Fsp3) is 0.923. The molecule has 100 valence electrons. The van der Waals surface area contributed by atoms with Crippen LogP contribution >= 0.6 is 0 Å². The zero-order valence-electron chi connectivity index (χ0n) is 10.7. The molecule has 4 heteroatoms. The van der Waals surface area contributed by atoms with Gasteiger partial charge in [0.15, 0.2) is 0 Å². The number of nitrogens with one attached hydrogen (secondary N) is 1. The van der Waals surface area contributed by atoms with Gasteiger partial charge in [0.1, 0.15) is 0 Å². The largest absolute Gasteiger partial charge is 0.481 e. The lowest BCUT2D eigenvalue weighted by Crippen LogP contribution is -2.39. The highest BCUT2D eigenvalue weighted by atomic mass is 16.4. The summed E-state index contributed by atoms with van der Waals surface area (Å²) in [6.45, 7) is 2.52. The summed E-state index contributed by atoms with van der Waals surface area (Å²) in [6.07, 6.45) is 6.83. The fourth-order valence-electron chi connectivity index (χ4n) is 2.57. The van der Waals surface area contributed by atoms with Crippen LogP contribution in [0.5, 0.6) is 0 Å². The fourth-order valence-corrected chi connectivity index (χ4v) is 2.57. The van der Waals surface area contributed by atoms with Crippen LogP contribution in [0.4, 0.5) is 0 Å². The van der Waals surface area contributed by atoms with Crippen LogP contribution in [0.15, 0.2) is 0 Å². The van der Waals surface area contributed by atoms with Crippen LogP contribution in [0.3, 0.4) is 0 Å². The van der Waals surface area contributed by atoms with Crippen molar-refractivity contribution in [3.05, 3.63) is 0 Å². The molecule has 0 bridgehead atoms. The normalized spacial score (nSPS) is 21.8. The molecule has 1 fully saturated rings. The number of carbonyl (C=O) groups is 1. The summed E-state index contributed by atoms with van der Waals surface area (Å²) < 4.78 is 0. The Morgan fingerprint density at radius 2 is 1.88 bits per heavy atom. The quantitative estimate of drug-likeness (QED) is 0.622. The van der Waals surface area contributed by atoms with Crippen LogP contribution in [-0.2, 0) is 4.79 Å². The van der Waals surface area contributed by atoms with Crippen LogP contribution in [0.2, 0.25) is 0 Å². The highest BCUT2D eigenvalue weighted by molar-refractivity contribution is 5.67.